The van der Waals surface area contributed by atoms with Crippen molar-refractivity contribution in [1.29, 1.82) is 0 Å². The van der Waals surface area contributed by atoms with E-state index in [2.05, 4.69) is 0 Å². The van der Waals surface area contributed by atoms with Crippen LogP contribution in [-0.2, 0) is 0 Å². The molecule has 0 aliphatic heterocycles. The third-order valence-corrected chi connectivity index (χ3v) is 9.77. The summed E-state index contributed by atoms with van der Waals surface area (Å²) < 4.78 is 144. The van der Waals surface area contributed by atoms with Crippen molar-refractivity contribution in [3.05, 3.63) is 182 Å². The van der Waals surface area contributed by atoms with Crippen LogP contribution < -0.4 is 0 Å². The Morgan fingerprint density at radius 2 is 0.961 bits per heavy atom. The Labute approximate surface area is 315 Å². The van der Waals surface area contributed by atoms with Crippen molar-refractivity contribution in [1.82, 2.24) is 0 Å². The van der Waals surface area contributed by atoms with E-state index >= 15 is 0 Å². The van der Waals surface area contributed by atoms with E-state index in [1.165, 1.54) is 0 Å². The van der Waals surface area contributed by atoms with Crippen LogP contribution >= 0.6 is 0 Å². The van der Waals surface area contributed by atoms with Crippen LogP contribution in [0.25, 0.3) is 109 Å². The summed E-state index contributed by atoms with van der Waals surface area (Å²) in [5.41, 5.74) is 1.90. The molecule has 0 fully saturated rings. The summed E-state index contributed by atoms with van der Waals surface area (Å²) >= 11 is 0. The fraction of sp³-hybridized carbons (Fsp3) is 0. The van der Waals surface area contributed by atoms with Gasteiger partial charge < -0.3 is 4.42 Å². The standard InChI is InChI=1S/C50H30O/c1-2-16-34-30-46-44(29-33(34)15-1)48-40(25-12-26-45(48)51-46)43-28-27-32-14-4-6-19-36(32)49(43)50-41-22-9-7-20-38(41)47(39-21-8-10-23-42(39)50)37-24-11-17-31-13-3-5-18-35(31)37/h1-30H/i3D,5D,7D,8D,9D,10D,11D,13D,17D,18D,20D,21D,22D,23D,24D. The molecule has 236 valence electrons. The summed E-state index contributed by atoms with van der Waals surface area (Å²) in [6.07, 6.45) is 0. The first kappa shape index (κ1) is 17.3. The van der Waals surface area contributed by atoms with Crippen molar-refractivity contribution in [3.63, 3.8) is 0 Å². The molecule has 51 heavy (non-hydrogen) atoms. The first-order chi connectivity index (χ1) is 31.5. The lowest BCUT2D eigenvalue weighted by atomic mass is 9.81. The molecular formula is C50H30O. The van der Waals surface area contributed by atoms with E-state index in [1.807, 2.05) is 84.9 Å². The van der Waals surface area contributed by atoms with Crippen molar-refractivity contribution in [2.45, 2.75) is 0 Å². The molecular weight excluding hydrogens is 617 g/mol. The van der Waals surface area contributed by atoms with Crippen molar-refractivity contribution in [2.75, 3.05) is 0 Å². The minimum absolute atomic E-state index is 0.0192. The van der Waals surface area contributed by atoms with Crippen LogP contribution in [0.1, 0.15) is 20.6 Å². The summed E-state index contributed by atoms with van der Waals surface area (Å²) in [5, 5.41) is 2.81. The molecule has 1 heterocycles. The zero-order valence-corrected chi connectivity index (χ0v) is 26.6. The number of hydrogen-bond donors (Lipinski definition) is 0. The Morgan fingerprint density at radius 1 is 0.333 bits per heavy atom. The van der Waals surface area contributed by atoms with Crippen LogP contribution in [0.15, 0.2) is 186 Å². The molecule has 0 N–H and O–H groups in total. The van der Waals surface area contributed by atoms with E-state index < -0.39 is 107 Å². The van der Waals surface area contributed by atoms with E-state index in [0.717, 1.165) is 21.5 Å². The van der Waals surface area contributed by atoms with Gasteiger partial charge in [0, 0.05) is 10.8 Å². The van der Waals surface area contributed by atoms with E-state index in [4.69, 9.17) is 18.1 Å². The molecule has 0 atom stereocenters. The maximum absolute atomic E-state index is 9.74. The maximum Gasteiger partial charge on any atom is 0.136 e. The third-order valence-electron chi connectivity index (χ3n) is 9.77. The van der Waals surface area contributed by atoms with Crippen LogP contribution in [0.3, 0.4) is 0 Å². The lowest BCUT2D eigenvalue weighted by Gasteiger charge is -2.22. The maximum atomic E-state index is 9.74. The lowest BCUT2D eigenvalue weighted by molar-refractivity contribution is 0.669. The van der Waals surface area contributed by atoms with E-state index in [0.29, 0.717) is 38.6 Å². The predicted octanol–water partition coefficient (Wildman–Crippen LogP) is 14.4. The normalized spacial score (nSPS) is 16.0. The zero-order valence-electron chi connectivity index (χ0n) is 41.6. The van der Waals surface area contributed by atoms with Crippen LogP contribution in [0, 0.1) is 0 Å². The lowest BCUT2D eigenvalue weighted by Crippen LogP contribution is -1.94. The van der Waals surface area contributed by atoms with E-state index in [9.17, 15) is 6.85 Å². The van der Waals surface area contributed by atoms with Crippen molar-refractivity contribution >= 4 is 75.8 Å². The molecule has 1 heteroatoms. The van der Waals surface area contributed by atoms with Gasteiger partial charge in [0.25, 0.3) is 0 Å². The quantitative estimate of drug-likeness (QED) is 0.172. The summed E-state index contributed by atoms with van der Waals surface area (Å²) in [4.78, 5) is 0. The second-order valence-electron chi connectivity index (χ2n) is 12.4. The van der Waals surface area contributed by atoms with E-state index in [-0.39, 0.29) is 32.7 Å². The Hall–Kier alpha value is -6.70. The average Bonchev–Trinajstić information content (AvgIpc) is 3.69. The topological polar surface area (TPSA) is 13.1 Å². The highest BCUT2D eigenvalue weighted by Crippen LogP contribution is 2.50. The summed E-state index contributed by atoms with van der Waals surface area (Å²) in [5.74, 6) is 0. The molecule has 1 aromatic heterocycles. The molecule has 0 radical (unpaired) electrons. The van der Waals surface area contributed by atoms with Gasteiger partial charge in [-0.3, -0.25) is 0 Å². The molecule has 0 bridgehead atoms. The van der Waals surface area contributed by atoms with Crippen molar-refractivity contribution in [3.8, 4) is 33.4 Å². The molecule has 0 spiro atoms. The largest absolute Gasteiger partial charge is 0.456 e. The van der Waals surface area contributed by atoms with Gasteiger partial charge in [-0.25, -0.2) is 0 Å². The molecule has 10 aromatic carbocycles. The van der Waals surface area contributed by atoms with Gasteiger partial charge in [0.05, 0.1) is 20.6 Å². The van der Waals surface area contributed by atoms with Crippen LogP contribution in [0.5, 0.6) is 0 Å². The van der Waals surface area contributed by atoms with Crippen molar-refractivity contribution < 1.29 is 25.0 Å². The molecule has 1 nitrogen and oxygen atoms in total. The number of hydrogen-bond acceptors (Lipinski definition) is 1. The minimum Gasteiger partial charge on any atom is -0.456 e. The predicted molar refractivity (Wildman–Crippen MR) is 218 cm³/mol. The molecule has 11 rings (SSSR count). The third kappa shape index (κ3) is 4.16. The average molecular weight is 662 g/mol. The van der Waals surface area contributed by atoms with Gasteiger partial charge in [0.1, 0.15) is 11.2 Å². The summed E-state index contributed by atoms with van der Waals surface area (Å²) in [6, 6.07) is 18.2. The van der Waals surface area contributed by atoms with Gasteiger partial charge in [-0.05, 0) is 105 Å². The first-order valence-corrected chi connectivity index (χ1v) is 16.4. The Balaban J connectivity index is 1.45. The first-order valence-electron chi connectivity index (χ1n) is 23.9. The molecule has 11 aromatic rings. The summed E-state index contributed by atoms with van der Waals surface area (Å²) in [6.45, 7) is 0. The fourth-order valence-corrected chi connectivity index (χ4v) is 7.63. The molecule has 0 unspecified atom stereocenters. The summed E-state index contributed by atoms with van der Waals surface area (Å²) in [7, 11) is 0. The van der Waals surface area contributed by atoms with Crippen molar-refractivity contribution in [2.24, 2.45) is 0 Å². The number of benzene rings is 10. The molecule has 0 saturated carbocycles. The van der Waals surface area contributed by atoms with Crippen LogP contribution in [0.2, 0.25) is 0 Å². The fourth-order valence-electron chi connectivity index (χ4n) is 7.63. The Kier molecular flexibility index (Phi) is 3.70. The zero-order chi connectivity index (χ0) is 46.5. The highest BCUT2D eigenvalue weighted by atomic mass is 16.3. The number of rotatable bonds is 3. The van der Waals surface area contributed by atoms with Crippen LogP contribution in [0.4, 0.5) is 0 Å². The number of furan rings is 1. The Morgan fingerprint density at radius 3 is 1.73 bits per heavy atom. The van der Waals surface area contributed by atoms with Gasteiger partial charge in [-0.1, -0.05) is 163 Å². The smallest absolute Gasteiger partial charge is 0.136 e. The SMILES string of the molecule is [2H]c1c([2H])c([2H])c2c(-c3c4c([2H])c([2H])c([2H])c([2H])c4c(-c4c(-c5cccc6oc7cc8ccccc8cc7c56)ccc5ccccc45)c4c([2H])c([2H])c([2H])c([2H])c34)c([2H])c([2H])c([2H])c2c1[2H]. The second-order valence-corrected chi connectivity index (χ2v) is 12.4. The molecule has 0 aliphatic rings. The molecule has 0 aliphatic carbocycles. The van der Waals surface area contributed by atoms with E-state index in [1.54, 1.807) is 6.07 Å². The molecule has 0 saturated heterocycles. The van der Waals surface area contributed by atoms with Gasteiger partial charge in [0.15, 0.2) is 0 Å². The minimum atomic E-state index is -0.765. The van der Waals surface area contributed by atoms with Gasteiger partial charge >= 0.3 is 0 Å². The Bertz CT molecular complexity index is 3970. The number of fused-ring (bicyclic) bond motifs is 8. The highest BCUT2D eigenvalue weighted by Gasteiger charge is 2.23. The molecule has 0 amide bonds. The second kappa shape index (κ2) is 10.9. The van der Waals surface area contributed by atoms with Gasteiger partial charge in [0.2, 0.25) is 0 Å². The van der Waals surface area contributed by atoms with Gasteiger partial charge in [-0.2, -0.15) is 0 Å². The highest BCUT2D eigenvalue weighted by molar-refractivity contribution is 6.28. The van der Waals surface area contributed by atoms with Gasteiger partial charge in [-0.15, -0.1) is 0 Å². The monoisotopic (exact) mass is 661 g/mol. The van der Waals surface area contributed by atoms with Crippen LogP contribution in [-0.4, -0.2) is 0 Å².